The van der Waals surface area contributed by atoms with Crippen LogP contribution < -0.4 is 0 Å². The van der Waals surface area contributed by atoms with E-state index in [-0.39, 0.29) is 12.4 Å². The van der Waals surface area contributed by atoms with Crippen molar-refractivity contribution in [2.24, 2.45) is 0 Å². The van der Waals surface area contributed by atoms with Crippen LogP contribution in [-0.4, -0.2) is 105 Å². The normalized spacial score (nSPS) is 34.5. The minimum Gasteiger partial charge on any atom is -0.508 e. The number of aliphatic hydroxyl groups is 5. The van der Waals surface area contributed by atoms with Gasteiger partial charge in [-0.15, -0.1) is 0 Å². The second-order valence-corrected chi connectivity index (χ2v) is 9.66. The number of benzene rings is 2. The third-order valence-electron chi connectivity index (χ3n) is 6.69. The molecule has 0 amide bonds. The number of rotatable bonds is 9. The largest absolute Gasteiger partial charge is 0.508 e. The van der Waals surface area contributed by atoms with Crippen LogP contribution in [0, 0.1) is 0 Å². The van der Waals surface area contributed by atoms with Crippen LogP contribution in [0.3, 0.4) is 0 Å². The Balaban J connectivity index is 1.39. The third kappa shape index (κ3) is 7.43. The summed E-state index contributed by atoms with van der Waals surface area (Å²) in [5, 5.41) is 61.5. The highest BCUT2D eigenvalue weighted by molar-refractivity contribution is 5.87. The van der Waals surface area contributed by atoms with Crippen LogP contribution >= 0.6 is 0 Å². The predicted molar refractivity (Wildman–Crippen MR) is 137 cm³/mol. The molecule has 0 radical (unpaired) electrons. The smallest absolute Gasteiger partial charge is 0.331 e. The van der Waals surface area contributed by atoms with Crippen molar-refractivity contribution in [3.05, 3.63) is 71.8 Å². The van der Waals surface area contributed by atoms with E-state index in [0.717, 1.165) is 11.6 Å². The van der Waals surface area contributed by atoms with E-state index in [1.807, 2.05) is 30.3 Å². The number of aromatic hydroxyl groups is 1. The van der Waals surface area contributed by atoms with Crippen LogP contribution in [0.4, 0.5) is 0 Å². The first-order chi connectivity index (χ1) is 19.1. The SMILES string of the molecule is C[C@@H]1O[C@@H](OC[C@H]2O[C@@H](OCc3ccccc3)[C@H](O)[C@@H](O)[C@@H]2O)[C@H](OC(=O)C=Cc2ccc(O)cc2)[C@H](O)[C@H]1O. The summed E-state index contributed by atoms with van der Waals surface area (Å²) in [4.78, 5) is 12.5. The topological polar surface area (TPSA) is 185 Å². The maximum atomic E-state index is 12.5. The van der Waals surface area contributed by atoms with Gasteiger partial charge in [-0.25, -0.2) is 4.79 Å². The van der Waals surface area contributed by atoms with E-state index in [2.05, 4.69) is 0 Å². The molecule has 2 saturated heterocycles. The Hall–Kier alpha value is -2.91. The van der Waals surface area contributed by atoms with Gasteiger partial charge < -0.3 is 54.3 Å². The molecule has 2 fully saturated rings. The van der Waals surface area contributed by atoms with E-state index in [1.54, 1.807) is 12.1 Å². The van der Waals surface area contributed by atoms with E-state index < -0.39 is 74.0 Å². The van der Waals surface area contributed by atoms with Crippen molar-refractivity contribution in [1.82, 2.24) is 0 Å². The Bertz CT molecular complexity index is 1110. The summed E-state index contributed by atoms with van der Waals surface area (Å²) in [6.07, 6.45) is -11.3. The molecule has 2 heterocycles. The van der Waals surface area contributed by atoms with Gasteiger partial charge in [-0.3, -0.25) is 0 Å². The molecule has 2 aromatic carbocycles. The van der Waals surface area contributed by atoms with E-state index in [1.165, 1.54) is 25.1 Å². The number of hydrogen-bond donors (Lipinski definition) is 6. The zero-order valence-electron chi connectivity index (χ0n) is 21.7. The number of phenols is 1. The van der Waals surface area contributed by atoms with Gasteiger partial charge in [0.2, 0.25) is 0 Å². The van der Waals surface area contributed by atoms with Gasteiger partial charge >= 0.3 is 5.97 Å². The molecule has 12 nitrogen and oxygen atoms in total. The molecule has 0 saturated carbocycles. The number of aliphatic hydroxyl groups excluding tert-OH is 5. The highest BCUT2D eigenvalue weighted by atomic mass is 16.7. The minimum atomic E-state index is -1.61. The molecule has 0 spiro atoms. The lowest BCUT2D eigenvalue weighted by atomic mass is 9.98. The van der Waals surface area contributed by atoms with Gasteiger partial charge in [0, 0.05) is 6.08 Å². The van der Waals surface area contributed by atoms with Crippen LogP contribution in [0.15, 0.2) is 60.7 Å². The maximum Gasteiger partial charge on any atom is 0.331 e. The number of phenolic OH excluding ortho intramolecular Hbond substituents is 1. The molecule has 10 atom stereocenters. The summed E-state index contributed by atoms with van der Waals surface area (Å²) in [5.41, 5.74) is 1.40. The summed E-state index contributed by atoms with van der Waals surface area (Å²) in [7, 11) is 0. The Morgan fingerprint density at radius 2 is 1.52 bits per heavy atom. The zero-order valence-corrected chi connectivity index (χ0v) is 21.7. The second-order valence-electron chi connectivity index (χ2n) is 9.66. The number of ether oxygens (including phenoxy) is 5. The van der Waals surface area contributed by atoms with Crippen molar-refractivity contribution in [1.29, 1.82) is 0 Å². The lowest BCUT2D eigenvalue weighted by Gasteiger charge is -2.43. The number of esters is 1. The monoisotopic (exact) mass is 562 g/mol. The van der Waals surface area contributed by atoms with Gasteiger partial charge in [-0.2, -0.15) is 0 Å². The summed E-state index contributed by atoms with van der Waals surface area (Å²) in [5.74, 6) is -0.800. The van der Waals surface area contributed by atoms with Crippen LogP contribution in [0.25, 0.3) is 6.08 Å². The van der Waals surface area contributed by atoms with E-state index in [9.17, 15) is 35.4 Å². The number of carbonyl (C=O) groups is 1. The van der Waals surface area contributed by atoms with Gasteiger partial charge in [0.1, 0.15) is 42.4 Å². The van der Waals surface area contributed by atoms with Crippen LogP contribution in [0.1, 0.15) is 18.1 Å². The van der Waals surface area contributed by atoms with Gasteiger partial charge in [0.25, 0.3) is 0 Å². The standard InChI is InChI=1S/C28H34O12/c1-15-21(31)24(34)26(40-20(30)12-9-16-7-10-18(29)11-8-16)28(38-15)37-14-19-22(32)23(33)25(35)27(39-19)36-13-17-5-3-2-4-6-17/h2-12,15,19,21-29,31-35H,13-14H2,1H3/t15-,19+,21-,22+,23-,24+,25+,26+,27+,28+/m0/s1. The summed E-state index contributed by atoms with van der Waals surface area (Å²) >= 11 is 0. The Labute approximate surface area is 230 Å². The molecule has 2 aromatic rings. The Morgan fingerprint density at radius 1 is 0.825 bits per heavy atom. The minimum absolute atomic E-state index is 0.0634. The van der Waals surface area contributed by atoms with Crippen molar-refractivity contribution in [3.63, 3.8) is 0 Å². The molecule has 4 rings (SSSR count). The van der Waals surface area contributed by atoms with Gasteiger partial charge in [0.15, 0.2) is 18.7 Å². The number of carbonyl (C=O) groups excluding carboxylic acids is 1. The average molecular weight is 563 g/mol. The Kier molecular flexibility index (Phi) is 10.2. The first kappa shape index (κ1) is 30.1. The Morgan fingerprint density at radius 3 is 2.23 bits per heavy atom. The van der Waals surface area contributed by atoms with E-state index in [0.29, 0.717) is 5.56 Å². The predicted octanol–water partition coefficient (Wildman–Crippen LogP) is -0.175. The molecule has 0 aromatic heterocycles. The first-order valence-electron chi connectivity index (χ1n) is 12.8. The molecule has 218 valence electrons. The highest BCUT2D eigenvalue weighted by Gasteiger charge is 2.48. The molecule has 40 heavy (non-hydrogen) atoms. The molecular formula is C28H34O12. The maximum absolute atomic E-state index is 12.5. The van der Waals surface area contributed by atoms with Crippen molar-refractivity contribution in [2.45, 2.75) is 74.9 Å². The molecular weight excluding hydrogens is 528 g/mol. The lowest BCUT2D eigenvalue weighted by molar-refractivity contribution is -0.330. The molecule has 2 aliphatic heterocycles. The van der Waals surface area contributed by atoms with Crippen LogP contribution in [-0.2, 0) is 35.1 Å². The molecule has 0 bridgehead atoms. The quantitative estimate of drug-likeness (QED) is 0.175. The van der Waals surface area contributed by atoms with Crippen LogP contribution in [0.2, 0.25) is 0 Å². The molecule has 12 heteroatoms. The summed E-state index contributed by atoms with van der Waals surface area (Å²) in [6, 6.07) is 15.1. The molecule has 6 N–H and O–H groups in total. The van der Waals surface area contributed by atoms with Gasteiger partial charge in [-0.1, -0.05) is 42.5 Å². The highest BCUT2D eigenvalue weighted by Crippen LogP contribution is 2.28. The molecule has 2 aliphatic rings. The average Bonchev–Trinajstić information content (AvgIpc) is 2.96. The zero-order chi connectivity index (χ0) is 28.8. The van der Waals surface area contributed by atoms with Crippen molar-refractivity contribution >= 4 is 12.0 Å². The van der Waals surface area contributed by atoms with Gasteiger partial charge in [0.05, 0.1) is 19.3 Å². The van der Waals surface area contributed by atoms with Crippen molar-refractivity contribution in [3.8, 4) is 5.75 Å². The fourth-order valence-corrected chi connectivity index (χ4v) is 4.32. The van der Waals surface area contributed by atoms with Crippen LogP contribution in [0.5, 0.6) is 5.75 Å². The van der Waals surface area contributed by atoms with Gasteiger partial charge in [-0.05, 0) is 36.3 Å². The fourth-order valence-electron chi connectivity index (χ4n) is 4.32. The van der Waals surface area contributed by atoms with Crippen molar-refractivity contribution in [2.75, 3.05) is 6.61 Å². The first-order valence-corrected chi connectivity index (χ1v) is 12.8. The summed E-state index contributed by atoms with van der Waals surface area (Å²) < 4.78 is 28.0. The molecule has 0 unspecified atom stereocenters. The fraction of sp³-hybridized carbons (Fsp3) is 0.464. The van der Waals surface area contributed by atoms with E-state index in [4.69, 9.17) is 23.7 Å². The molecule has 0 aliphatic carbocycles. The lowest BCUT2D eigenvalue weighted by Crippen LogP contribution is -2.61. The second kappa shape index (κ2) is 13.6. The summed E-state index contributed by atoms with van der Waals surface area (Å²) in [6.45, 7) is 1.16. The third-order valence-corrected chi connectivity index (χ3v) is 6.69. The number of hydrogen-bond acceptors (Lipinski definition) is 12. The van der Waals surface area contributed by atoms with E-state index >= 15 is 0 Å². The van der Waals surface area contributed by atoms with Crippen molar-refractivity contribution < 1.29 is 59.1 Å².